The van der Waals surface area contributed by atoms with Gasteiger partial charge in [-0.25, -0.2) is 0 Å². The second kappa shape index (κ2) is 7.09. The van der Waals surface area contributed by atoms with E-state index < -0.39 is 43.6 Å². The van der Waals surface area contributed by atoms with Crippen molar-refractivity contribution in [3.05, 3.63) is 23.5 Å². The molecule has 1 fully saturated rings. The maximum absolute atomic E-state index is 10.1. The maximum Gasteiger partial charge on any atom is 0.208 e. The van der Waals surface area contributed by atoms with Crippen molar-refractivity contribution in [3.63, 3.8) is 0 Å². The predicted molar refractivity (Wildman–Crippen MR) is 80.2 cm³/mol. The van der Waals surface area contributed by atoms with Crippen molar-refractivity contribution in [1.29, 1.82) is 0 Å². The minimum atomic E-state index is -1.50. The largest absolute Gasteiger partial charge is 0.471 e. The fraction of sp³-hybridized carbons (Fsp3) is 0.750. The SMILES string of the molecule is C[C@@H]1CC=C2C(CO)=CO[C@@H](O[C@@H]3O[C@H](CO)[C@@H](O)[C@H](O)[C@H]3O)[C@@H]21. The fourth-order valence-electron chi connectivity index (χ4n) is 3.52. The van der Waals surface area contributed by atoms with E-state index in [1.54, 1.807) is 0 Å². The van der Waals surface area contributed by atoms with E-state index in [1.807, 2.05) is 13.0 Å². The molecule has 8 atom stereocenters. The van der Waals surface area contributed by atoms with E-state index in [-0.39, 0.29) is 18.4 Å². The van der Waals surface area contributed by atoms with E-state index in [2.05, 4.69) is 0 Å². The van der Waals surface area contributed by atoms with Crippen molar-refractivity contribution in [2.75, 3.05) is 13.2 Å². The number of aliphatic hydroxyl groups is 5. The molecule has 0 aromatic heterocycles. The summed E-state index contributed by atoms with van der Waals surface area (Å²) in [5.41, 5.74) is 1.64. The van der Waals surface area contributed by atoms with Crippen LogP contribution in [0.5, 0.6) is 0 Å². The lowest BCUT2D eigenvalue weighted by molar-refractivity contribution is -0.339. The standard InChI is InChI=1S/C16H24O8/c1-7-2-3-9-8(4-17)6-22-15(11(7)9)24-16-14(21)13(20)12(19)10(5-18)23-16/h3,6-7,10-21H,2,4-5H2,1H3/t7-,10-,11-,12-,13+,14-,15+,16+/m1/s1. The highest BCUT2D eigenvalue weighted by atomic mass is 16.8. The summed E-state index contributed by atoms with van der Waals surface area (Å²) in [6.45, 7) is 1.37. The number of allylic oxidation sites excluding steroid dienone is 1. The molecule has 136 valence electrons. The van der Waals surface area contributed by atoms with Crippen molar-refractivity contribution < 1.29 is 39.7 Å². The topological polar surface area (TPSA) is 129 Å². The summed E-state index contributed by atoms with van der Waals surface area (Å²) in [6.07, 6.45) is -3.17. The molecule has 0 unspecified atom stereocenters. The highest BCUT2D eigenvalue weighted by Gasteiger charge is 2.47. The smallest absolute Gasteiger partial charge is 0.208 e. The molecule has 0 aromatic carbocycles. The number of aliphatic hydroxyl groups excluding tert-OH is 5. The summed E-state index contributed by atoms with van der Waals surface area (Å²) in [7, 11) is 0. The number of hydrogen-bond acceptors (Lipinski definition) is 8. The van der Waals surface area contributed by atoms with Crippen LogP contribution in [0.25, 0.3) is 0 Å². The molecule has 1 aliphatic carbocycles. The third-order valence-corrected chi connectivity index (χ3v) is 4.98. The molecule has 0 bridgehead atoms. The van der Waals surface area contributed by atoms with Gasteiger partial charge in [-0.3, -0.25) is 0 Å². The molecule has 8 heteroatoms. The number of ether oxygens (including phenoxy) is 3. The van der Waals surface area contributed by atoms with Gasteiger partial charge in [-0.15, -0.1) is 0 Å². The van der Waals surface area contributed by atoms with Crippen molar-refractivity contribution in [1.82, 2.24) is 0 Å². The zero-order valence-corrected chi connectivity index (χ0v) is 13.4. The van der Waals surface area contributed by atoms with Gasteiger partial charge in [0.1, 0.15) is 24.4 Å². The molecular weight excluding hydrogens is 320 g/mol. The summed E-state index contributed by atoms with van der Waals surface area (Å²) in [4.78, 5) is 0. The van der Waals surface area contributed by atoms with Gasteiger partial charge < -0.3 is 39.7 Å². The molecule has 3 rings (SSSR count). The Morgan fingerprint density at radius 3 is 2.54 bits per heavy atom. The van der Waals surface area contributed by atoms with Crippen molar-refractivity contribution in [2.24, 2.45) is 11.8 Å². The Hall–Kier alpha value is -1.00. The Balaban J connectivity index is 1.75. The molecule has 3 aliphatic rings. The van der Waals surface area contributed by atoms with Crippen LogP contribution in [0, 0.1) is 11.8 Å². The van der Waals surface area contributed by atoms with Gasteiger partial charge in [0.05, 0.1) is 19.5 Å². The van der Waals surface area contributed by atoms with Crippen LogP contribution >= 0.6 is 0 Å². The van der Waals surface area contributed by atoms with Gasteiger partial charge in [0.15, 0.2) is 6.29 Å². The fourth-order valence-corrected chi connectivity index (χ4v) is 3.52. The van der Waals surface area contributed by atoms with Crippen molar-refractivity contribution in [2.45, 2.75) is 50.3 Å². The van der Waals surface area contributed by atoms with E-state index in [9.17, 15) is 25.5 Å². The Morgan fingerprint density at radius 2 is 1.88 bits per heavy atom. The quantitative estimate of drug-likeness (QED) is 0.422. The van der Waals surface area contributed by atoms with Crippen LogP contribution < -0.4 is 0 Å². The molecule has 0 radical (unpaired) electrons. The summed E-state index contributed by atoms with van der Waals surface area (Å²) in [5.74, 6) is 0.0784. The van der Waals surface area contributed by atoms with Gasteiger partial charge in [0.2, 0.25) is 6.29 Å². The van der Waals surface area contributed by atoms with E-state index in [0.29, 0.717) is 5.57 Å². The minimum Gasteiger partial charge on any atom is -0.471 e. The lowest BCUT2D eigenvalue weighted by Crippen LogP contribution is -2.60. The summed E-state index contributed by atoms with van der Waals surface area (Å²) >= 11 is 0. The number of fused-ring (bicyclic) bond motifs is 1. The first-order valence-corrected chi connectivity index (χ1v) is 8.09. The average Bonchev–Trinajstić information content (AvgIpc) is 2.98. The van der Waals surface area contributed by atoms with Crippen LogP contribution in [0.15, 0.2) is 23.5 Å². The van der Waals surface area contributed by atoms with E-state index >= 15 is 0 Å². The zero-order valence-electron chi connectivity index (χ0n) is 13.4. The molecule has 5 N–H and O–H groups in total. The average molecular weight is 344 g/mol. The van der Waals surface area contributed by atoms with Crippen LogP contribution in [0.3, 0.4) is 0 Å². The molecule has 2 heterocycles. The van der Waals surface area contributed by atoms with Crippen LogP contribution in [-0.2, 0) is 14.2 Å². The zero-order chi connectivity index (χ0) is 17.4. The van der Waals surface area contributed by atoms with E-state index in [4.69, 9.17) is 14.2 Å². The lowest BCUT2D eigenvalue weighted by Gasteiger charge is -2.42. The number of hydrogen-bond donors (Lipinski definition) is 5. The molecule has 8 nitrogen and oxygen atoms in total. The second-order valence-corrected chi connectivity index (χ2v) is 6.54. The van der Waals surface area contributed by atoms with Gasteiger partial charge in [0, 0.05) is 11.5 Å². The van der Waals surface area contributed by atoms with E-state index in [0.717, 1.165) is 12.0 Å². The summed E-state index contributed by atoms with van der Waals surface area (Å²) in [5, 5.41) is 48.4. The molecule has 2 aliphatic heterocycles. The first-order chi connectivity index (χ1) is 11.5. The van der Waals surface area contributed by atoms with Gasteiger partial charge in [0.25, 0.3) is 0 Å². The molecular formula is C16H24O8. The van der Waals surface area contributed by atoms with Crippen LogP contribution in [0.2, 0.25) is 0 Å². The molecule has 0 amide bonds. The minimum absolute atomic E-state index is 0.135. The Kier molecular flexibility index (Phi) is 5.26. The molecule has 0 spiro atoms. The third kappa shape index (κ3) is 2.99. The molecule has 0 saturated carbocycles. The first kappa shape index (κ1) is 17.8. The predicted octanol–water partition coefficient (Wildman–Crippen LogP) is -1.38. The Morgan fingerprint density at radius 1 is 1.12 bits per heavy atom. The van der Waals surface area contributed by atoms with Gasteiger partial charge >= 0.3 is 0 Å². The van der Waals surface area contributed by atoms with Gasteiger partial charge in [-0.2, -0.15) is 0 Å². The lowest BCUT2D eigenvalue weighted by atomic mass is 9.87. The molecule has 1 saturated heterocycles. The van der Waals surface area contributed by atoms with Crippen LogP contribution in [0.4, 0.5) is 0 Å². The monoisotopic (exact) mass is 344 g/mol. The highest BCUT2D eigenvalue weighted by Crippen LogP contribution is 2.43. The van der Waals surface area contributed by atoms with Crippen molar-refractivity contribution >= 4 is 0 Å². The summed E-state index contributed by atoms with van der Waals surface area (Å²) in [6, 6.07) is 0. The van der Waals surface area contributed by atoms with Crippen LogP contribution in [0.1, 0.15) is 13.3 Å². The number of rotatable bonds is 4. The normalized spacial score (nSPS) is 45.2. The molecule has 0 aromatic rings. The summed E-state index contributed by atoms with van der Waals surface area (Å²) < 4.78 is 16.7. The second-order valence-electron chi connectivity index (χ2n) is 6.54. The van der Waals surface area contributed by atoms with Gasteiger partial charge in [-0.05, 0) is 17.9 Å². The van der Waals surface area contributed by atoms with Crippen molar-refractivity contribution in [3.8, 4) is 0 Å². The van der Waals surface area contributed by atoms with Gasteiger partial charge in [-0.1, -0.05) is 13.0 Å². The molecule has 24 heavy (non-hydrogen) atoms. The first-order valence-electron chi connectivity index (χ1n) is 8.09. The Bertz CT molecular complexity index is 516. The Labute approximate surface area is 139 Å². The third-order valence-electron chi connectivity index (χ3n) is 4.98. The van der Waals surface area contributed by atoms with Crippen LogP contribution in [-0.4, -0.2) is 75.7 Å². The highest BCUT2D eigenvalue weighted by molar-refractivity contribution is 5.38. The maximum atomic E-state index is 10.1. The van der Waals surface area contributed by atoms with E-state index in [1.165, 1.54) is 6.26 Å².